The maximum atomic E-state index is 11.4. The van der Waals surface area contributed by atoms with Gasteiger partial charge in [-0.25, -0.2) is 0 Å². The van der Waals surface area contributed by atoms with Crippen LogP contribution in [0, 0.1) is 0 Å². The molecule has 0 aliphatic carbocycles. The zero-order valence-electron chi connectivity index (χ0n) is 9.42. The minimum Gasteiger partial charge on any atom is -0.356 e. The van der Waals surface area contributed by atoms with Gasteiger partial charge in [0.1, 0.15) is 0 Å². The number of nitrogens with one attached hydrogen (secondary N) is 1. The molecule has 0 heterocycles. The predicted molar refractivity (Wildman–Crippen MR) is 67.7 cm³/mol. The van der Waals surface area contributed by atoms with Crippen molar-refractivity contribution in [3.63, 3.8) is 0 Å². The molecule has 1 aromatic rings. The van der Waals surface area contributed by atoms with E-state index in [0.29, 0.717) is 18.8 Å². The Kier molecular flexibility index (Phi) is 6.66. The molecular weight excluding hydrogens is 222 g/mol. The molecule has 0 saturated carbocycles. The summed E-state index contributed by atoms with van der Waals surface area (Å²) in [5.41, 5.74) is 1.29. The van der Waals surface area contributed by atoms with Crippen molar-refractivity contribution >= 4 is 17.5 Å². The van der Waals surface area contributed by atoms with Gasteiger partial charge >= 0.3 is 0 Å². The summed E-state index contributed by atoms with van der Waals surface area (Å²) in [6, 6.07) is 10.2. The number of rotatable bonds is 7. The monoisotopic (exact) mass is 239 g/mol. The Morgan fingerprint density at radius 2 is 1.94 bits per heavy atom. The Balaban J connectivity index is 2.09. The zero-order chi connectivity index (χ0) is 11.6. The maximum Gasteiger partial charge on any atom is 0.220 e. The molecule has 0 bridgehead atoms. The number of carbonyl (C=O) groups is 1. The van der Waals surface area contributed by atoms with Gasteiger partial charge in [0.2, 0.25) is 5.91 Å². The Labute approximate surface area is 102 Å². The van der Waals surface area contributed by atoms with E-state index in [0.717, 1.165) is 19.3 Å². The van der Waals surface area contributed by atoms with Crippen LogP contribution >= 0.6 is 11.6 Å². The standard InChI is InChI=1S/C13H18ClNO/c14-10-5-11-15-13(16)9-4-8-12-6-2-1-3-7-12/h1-3,6-7H,4-5,8-11H2,(H,15,16). The van der Waals surface area contributed by atoms with Crippen LogP contribution < -0.4 is 5.32 Å². The first kappa shape index (κ1) is 13.0. The number of aryl methyl sites for hydroxylation is 1. The smallest absolute Gasteiger partial charge is 0.220 e. The fraction of sp³-hybridized carbons (Fsp3) is 0.462. The topological polar surface area (TPSA) is 29.1 Å². The Morgan fingerprint density at radius 1 is 1.19 bits per heavy atom. The lowest BCUT2D eigenvalue weighted by molar-refractivity contribution is -0.121. The third-order valence-corrected chi connectivity index (χ3v) is 2.61. The number of hydrogen-bond donors (Lipinski definition) is 1. The van der Waals surface area contributed by atoms with Crippen LogP contribution in [0.25, 0.3) is 0 Å². The Hall–Kier alpha value is -1.02. The highest BCUT2D eigenvalue weighted by Crippen LogP contribution is 2.04. The number of amides is 1. The van der Waals surface area contributed by atoms with E-state index >= 15 is 0 Å². The Morgan fingerprint density at radius 3 is 2.62 bits per heavy atom. The number of hydrogen-bond acceptors (Lipinski definition) is 1. The summed E-state index contributed by atoms with van der Waals surface area (Å²) in [5, 5.41) is 2.85. The number of alkyl halides is 1. The molecule has 0 aliphatic heterocycles. The highest BCUT2D eigenvalue weighted by Gasteiger charge is 2.00. The minimum absolute atomic E-state index is 0.126. The van der Waals surface area contributed by atoms with Crippen molar-refractivity contribution in [3.8, 4) is 0 Å². The van der Waals surface area contributed by atoms with E-state index in [4.69, 9.17) is 11.6 Å². The summed E-state index contributed by atoms with van der Waals surface area (Å²) in [6.45, 7) is 0.688. The van der Waals surface area contributed by atoms with E-state index in [1.807, 2.05) is 18.2 Å². The summed E-state index contributed by atoms with van der Waals surface area (Å²) in [5.74, 6) is 0.727. The molecule has 0 atom stereocenters. The first-order valence-corrected chi connectivity index (χ1v) is 6.23. The summed E-state index contributed by atoms with van der Waals surface area (Å²) in [7, 11) is 0. The van der Waals surface area contributed by atoms with Gasteiger partial charge in [-0.3, -0.25) is 4.79 Å². The molecule has 0 aliphatic rings. The molecule has 1 rings (SSSR count). The molecule has 16 heavy (non-hydrogen) atoms. The number of halogens is 1. The number of carbonyl (C=O) groups excluding carboxylic acids is 1. The lowest BCUT2D eigenvalue weighted by Gasteiger charge is -2.03. The van der Waals surface area contributed by atoms with Crippen LogP contribution in [-0.4, -0.2) is 18.3 Å². The van der Waals surface area contributed by atoms with Gasteiger partial charge in [0.15, 0.2) is 0 Å². The van der Waals surface area contributed by atoms with Gasteiger partial charge in [-0.2, -0.15) is 0 Å². The highest BCUT2D eigenvalue weighted by molar-refractivity contribution is 6.17. The molecule has 0 radical (unpaired) electrons. The van der Waals surface area contributed by atoms with Crippen molar-refractivity contribution in [2.75, 3.05) is 12.4 Å². The number of benzene rings is 1. The van der Waals surface area contributed by atoms with Gasteiger partial charge in [-0.1, -0.05) is 30.3 Å². The molecule has 88 valence electrons. The molecule has 2 nitrogen and oxygen atoms in total. The largest absolute Gasteiger partial charge is 0.356 e. The second-order valence-corrected chi connectivity index (χ2v) is 4.11. The lowest BCUT2D eigenvalue weighted by Crippen LogP contribution is -2.24. The van der Waals surface area contributed by atoms with E-state index in [1.54, 1.807) is 0 Å². The van der Waals surface area contributed by atoms with Crippen molar-refractivity contribution in [1.29, 1.82) is 0 Å². The van der Waals surface area contributed by atoms with Gasteiger partial charge in [-0.05, 0) is 24.8 Å². The normalized spacial score (nSPS) is 10.1. The average Bonchev–Trinajstić information content (AvgIpc) is 2.31. The SMILES string of the molecule is O=C(CCCc1ccccc1)NCCCCl. The first-order chi connectivity index (χ1) is 7.83. The summed E-state index contributed by atoms with van der Waals surface area (Å²) < 4.78 is 0. The fourth-order valence-electron chi connectivity index (χ4n) is 1.48. The van der Waals surface area contributed by atoms with Gasteiger partial charge in [0.25, 0.3) is 0 Å². The van der Waals surface area contributed by atoms with Crippen LogP contribution in [0.4, 0.5) is 0 Å². The third-order valence-electron chi connectivity index (χ3n) is 2.34. The van der Waals surface area contributed by atoms with Crippen LogP contribution in [0.3, 0.4) is 0 Å². The molecular formula is C13H18ClNO. The van der Waals surface area contributed by atoms with Gasteiger partial charge in [0.05, 0.1) is 0 Å². The molecule has 0 unspecified atom stereocenters. The third kappa shape index (κ3) is 5.76. The quantitative estimate of drug-likeness (QED) is 0.575. The van der Waals surface area contributed by atoms with Gasteiger partial charge < -0.3 is 5.32 Å². The van der Waals surface area contributed by atoms with Gasteiger partial charge in [-0.15, -0.1) is 11.6 Å². The van der Waals surface area contributed by atoms with E-state index in [9.17, 15) is 4.79 Å². The van der Waals surface area contributed by atoms with E-state index < -0.39 is 0 Å². The van der Waals surface area contributed by atoms with Crippen molar-refractivity contribution in [1.82, 2.24) is 5.32 Å². The zero-order valence-corrected chi connectivity index (χ0v) is 10.2. The highest BCUT2D eigenvalue weighted by atomic mass is 35.5. The predicted octanol–water partition coefficient (Wildman–Crippen LogP) is 2.75. The van der Waals surface area contributed by atoms with E-state index in [2.05, 4.69) is 17.4 Å². The van der Waals surface area contributed by atoms with E-state index in [-0.39, 0.29) is 5.91 Å². The molecule has 0 saturated heterocycles. The molecule has 3 heteroatoms. The Bertz CT molecular complexity index is 300. The van der Waals surface area contributed by atoms with Crippen LogP contribution in [0.5, 0.6) is 0 Å². The molecule has 1 aromatic carbocycles. The minimum atomic E-state index is 0.126. The lowest BCUT2D eigenvalue weighted by atomic mass is 10.1. The molecule has 0 fully saturated rings. The second-order valence-electron chi connectivity index (χ2n) is 3.73. The van der Waals surface area contributed by atoms with Crippen molar-refractivity contribution in [2.24, 2.45) is 0 Å². The summed E-state index contributed by atoms with van der Waals surface area (Å²) in [6.07, 6.45) is 3.30. The molecule has 0 spiro atoms. The van der Waals surface area contributed by atoms with Crippen LogP contribution in [0.2, 0.25) is 0 Å². The van der Waals surface area contributed by atoms with Crippen molar-refractivity contribution < 1.29 is 4.79 Å². The fourth-order valence-corrected chi connectivity index (χ4v) is 1.61. The van der Waals surface area contributed by atoms with Crippen LogP contribution in [0.15, 0.2) is 30.3 Å². The summed E-state index contributed by atoms with van der Waals surface area (Å²) >= 11 is 5.52. The maximum absolute atomic E-state index is 11.4. The van der Waals surface area contributed by atoms with Crippen LogP contribution in [-0.2, 0) is 11.2 Å². The summed E-state index contributed by atoms with van der Waals surface area (Å²) in [4.78, 5) is 11.4. The van der Waals surface area contributed by atoms with Gasteiger partial charge in [0, 0.05) is 18.8 Å². The van der Waals surface area contributed by atoms with Crippen molar-refractivity contribution in [2.45, 2.75) is 25.7 Å². The molecule has 0 aromatic heterocycles. The van der Waals surface area contributed by atoms with E-state index in [1.165, 1.54) is 5.56 Å². The average molecular weight is 240 g/mol. The second kappa shape index (κ2) is 8.17. The molecule has 1 amide bonds. The molecule has 1 N–H and O–H groups in total. The van der Waals surface area contributed by atoms with Crippen molar-refractivity contribution in [3.05, 3.63) is 35.9 Å². The first-order valence-electron chi connectivity index (χ1n) is 5.69. The van der Waals surface area contributed by atoms with Crippen LogP contribution in [0.1, 0.15) is 24.8 Å².